The van der Waals surface area contributed by atoms with Crippen LogP contribution in [-0.2, 0) is 19.1 Å². The second-order valence-corrected chi connectivity index (χ2v) is 4.92. The Balaban J connectivity index is 1.90. The molecule has 0 aromatic carbocycles. The molecule has 1 saturated heterocycles. The molecule has 6 atom stereocenters. The van der Waals surface area contributed by atoms with Crippen LogP contribution >= 0.6 is 0 Å². The van der Waals surface area contributed by atoms with E-state index in [0.717, 1.165) is 6.42 Å². The quantitative estimate of drug-likeness (QED) is 0.599. The highest BCUT2D eigenvalue weighted by Crippen LogP contribution is 2.58. The number of hydrogen-bond acceptors (Lipinski definition) is 4. The van der Waals surface area contributed by atoms with Crippen molar-refractivity contribution in [3.05, 3.63) is 0 Å². The van der Waals surface area contributed by atoms with E-state index in [2.05, 4.69) is 6.92 Å². The molecular formula is C11H14O4. The molecule has 3 aliphatic rings. The van der Waals surface area contributed by atoms with Crippen molar-refractivity contribution in [2.45, 2.75) is 32.5 Å². The monoisotopic (exact) mass is 210 g/mol. The highest BCUT2D eigenvalue weighted by atomic mass is 16.6. The minimum atomic E-state index is -0.278. The zero-order valence-electron chi connectivity index (χ0n) is 8.80. The summed E-state index contributed by atoms with van der Waals surface area (Å²) in [6, 6.07) is 0. The van der Waals surface area contributed by atoms with Gasteiger partial charge in [0.25, 0.3) is 0 Å². The Morgan fingerprint density at radius 3 is 2.87 bits per heavy atom. The second kappa shape index (κ2) is 2.74. The van der Waals surface area contributed by atoms with Crippen LogP contribution in [0.25, 0.3) is 0 Å². The van der Waals surface area contributed by atoms with Crippen LogP contribution in [0.4, 0.5) is 0 Å². The van der Waals surface area contributed by atoms with E-state index in [9.17, 15) is 9.59 Å². The lowest BCUT2D eigenvalue weighted by molar-refractivity contribution is -0.160. The smallest absolute Gasteiger partial charge is 0.310 e. The Labute approximate surface area is 87.9 Å². The van der Waals surface area contributed by atoms with E-state index in [-0.39, 0.29) is 30.1 Å². The molecule has 0 aromatic heterocycles. The zero-order valence-corrected chi connectivity index (χ0v) is 8.80. The molecule has 2 saturated carbocycles. The van der Waals surface area contributed by atoms with Gasteiger partial charge in [-0.1, -0.05) is 6.92 Å². The van der Waals surface area contributed by atoms with Crippen molar-refractivity contribution in [3.8, 4) is 0 Å². The minimum Gasteiger partial charge on any atom is -0.458 e. The van der Waals surface area contributed by atoms with Crippen LogP contribution in [0.2, 0.25) is 0 Å². The fraction of sp³-hybridized carbons (Fsp3) is 0.818. The van der Waals surface area contributed by atoms with Crippen LogP contribution in [-0.4, -0.2) is 24.1 Å². The van der Waals surface area contributed by atoms with Gasteiger partial charge in [0.1, 0.15) is 12.2 Å². The Morgan fingerprint density at radius 1 is 1.47 bits per heavy atom. The van der Waals surface area contributed by atoms with Gasteiger partial charge in [0.15, 0.2) is 0 Å². The summed E-state index contributed by atoms with van der Waals surface area (Å²) in [6.07, 6.45) is 0.623. The summed E-state index contributed by atoms with van der Waals surface area (Å²) in [5.41, 5.74) is 0. The van der Waals surface area contributed by atoms with E-state index in [0.29, 0.717) is 17.8 Å². The molecule has 2 bridgehead atoms. The van der Waals surface area contributed by atoms with E-state index in [1.54, 1.807) is 0 Å². The standard InChI is InChI=1S/C11H14O4/c1-4-6-3-7-8(4)11(13)15-10(7)9(6)14-5(2)12/h4,6-10H,3H2,1-2H3. The Morgan fingerprint density at radius 2 is 2.20 bits per heavy atom. The first-order chi connectivity index (χ1) is 7.09. The number of carbonyl (C=O) groups is 2. The number of carbonyl (C=O) groups excluding carboxylic acids is 2. The number of esters is 2. The zero-order chi connectivity index (χ0) is 10.7. The molecule has 0 aromatic rings. The number of fused-ring (bicyclic) bond motifs is 1. The molecule has 1 heterocycles. The van der Waals surface area contributed by atoms with Gasteiger partial charge in [-0.15, -0.1) is 0 Å². The van der Waals surface area contributed by atoms with Crippen LogP contribution in [0, 0.1) is 23.7 Å². The molecule has 6 unspecified atom stereocenters. The predicted molar refractivity (Wildman–Crippen MR) is 49.7 cm³/mol. The first-order valence-corrected chi connectivity index (χ1v) is 5.47. The van der Waals surface area contributed by atoms with E-state index >= 15 is 0 Å². The molecule has 4 heteroatoms. The van der Waals surface area contributed by atoms with Gasteiger partial charge in [-0.2, -0.15) is 0 Å². The third-order valence-corrected chi connectivity index (χ3v) is 4.24. The maximum Gasteiger partial charge on any atom is 0.310 e. The maximum absolute atomic E-state index is 11.6. The van der Waals surface area contributed by atoms with Gasteiger partial charge < -0.3 is 9.47 Å². The molecule has 4 nitrogen and oxygen atoms in total. The first-order valence-electron chi connectivity index (χ1n) is 5.47. The molecule has 1 aliphatic heterocycles. The van der Waals surface area contributed by atoms with Crippen molar-refractivity contribution in [1.82, 2.24) is 0 Å². The van der Waals surface area contributed by atoms with Gasteiger partial charge >= 0.3 is 11.9 Å². The van der Waals surface area contributed by atoms with Gasteiger partial charge in [0, 0.05) is 18.8 Å². The highest BCUT2D eigenvalue weighted by molar-refractivity contribution is 5.77. The molecule has 0 amide bonds. The highest BCUT2D eigenvalue weighted by Gasteiger charge is 2.66. The van der Waals surface area contributed by atoms with E-state index in [4.69, 9.17) is 9.47 Å². The molecule has 0 radical (unpaired) electrons. The summed E-state index contributed by atoms with van der Waals surface area (Å²) in [5.74, 6) is 0.605. The van der Waals surface area contributed by atoms with Crippen molar-refractivity contribution in [2.75, 3.05) is 0 Å². The number of hydrogen-bond donors (Lipinski definition) is 0. The van der Waals surface area contributed by atoms with Crippen LogP contribution in [0.15, 0.2) is 0 Å². The number of rotatable bonds is 1. The lowest BCUT2D eigenvalue weighted by atomic mass is 9.80. The van der Waals surface area contributed by atoms with Crippen molar-refractivity contribution < 1.29 is 19.1 Å². The summed E-state index contributed by atoms with van der Waals surface area (Å²) < 4.78 is 10.6. The largest absolute Gasteiger partial charge is 0.458 e. The Hall–Kier alpha value is -1.06. The number of ether oxygens (including phenoxy) is 2. The molecule has 15 heavy (non-hydrogen) atoms. The normalized spacial score (nSPS) is 50.7. The van der Waals surface area contributed by atoms with Crippen LogP contribution in [0.1, 0.15) is 20.3 Å². The molecule has 2 aliphatic carbocycles. The van der Waals surface area contributed by atoms with Crippen LogP contribution < -0.4 is 0 Å². The third-order valence-electron chi connectivity index (χ3n) is 4.24. The Kier molecular flexibility index (Phi) is 1.68. The average Bonchev–Trinajstić information content (AvgIpc) is 2.69. The molecule has 0 N–H and O–H groups in total. The van der Waals surface area contributed by atoms with Crippen molar-refractivity contribution >= 4 is 11.9 Å². The van der Waals surface area contributed by atoms with Gasteiger partial charge in [0.2, 0.25) is 0 Å². The molecule has 0 spiro atoms. The average molecular weight is 210 g/mol. The van der Waals surface area contributed by atoms with E-state index in [1.807, 2.05) is 0 Å². The third kappa shape index (κ3) is 1.02. The summed E-state index contributed by atoms with van der Waals surface area (Å²) in [7, 11) is 0. The summed E-state index contributed by atoms with van der Waals surface area (Å²) >= 11 is 0. The van der Waals surface area contributed by atoms with E-state index < -0.39 is 0 Å². The van der Waals surface area contributed by atoms with Crippen LogP contribution in [0.3, 0.4) is 0 Å². The molecule has 3 fully saturated rings. The van der Waals surface area contributed by atoms with Crippen molar-refractivity contribution in [1.29, 1.82) is 0 Å². The fourth-order valence-corrected chi connectivity index (χ4v) is 3.69. The van der Waals surface area contributed by atoms with Crippen LogP contribution in [0.5, 0.6) is 0 Å². The summed E-state index contributed by atoms with van der Waals surface area (Å²) in [6.45, 7) is 3.47. The van der Waals surface area contributed by atoms with Gasteiger partial charge in [0.05, 0.1) is 5.92 Å². The summed E-state index contributed by atoms with van der Waals surface area (Å²) in [4.78, 5) is 22.5. The second-order valence-electron chi connectivity index (χ2n) is 4.92. The van der Waals surface area contributed by atoms with Gasteiger partial charge in [-0.25, -0.2) is 0 Å². The van der Waals surface area contributed by atoms with Gasteiger partial charge in [-0.05, 0) is 12.3 Å². The maximum atomic E-state index is 11.6. The SMILES string of the molecule is CC(=O)OC1C2CC3C1OC(=O)C3C2C. The topological polar surface area (TPSA) is 52.6 Å². The van der Waals surface area contributed by atoms with E-state index in [1.165, 1.54) is 6.92 Å². The molecular weight excluding hydrogens is 196 g/mol. The van der Waals surface area contributed by atoms with Crippen molar-refractivity contribution in [2.24, 2.45) is 23.7 Å². The Bertz CT molecular complexity index is 337. The fourth-order valence-electron chi connectivity index (χ4n) is 3.69. The van der Waals surface area contributed by atoms with Gasteiger partial charge in [-0.3, -0.25) is 9.59 Å². The molecule has 82 valence electrons. The van der Waals surface area contributed by atoms with Crippen molar-refractivity contribution in [3.63, 3.8) is 0 Å². The predicted octanol–water partition coefficient (Wildman–Crippen LogP) is 0.745. The molecule has 3 rings (SSSR count). The minimum absolute atomic E-state index is 0.0619. The first kappa shape index (κ1) is 9.19. The lowest BCUT2D eigenvalue weighted by Gasteiger charge is -2.28. The summed E-state index contributed by atoms with van der Waals surface area (Å²) in [5, 5.41) is 0. The lowest BCUT2D eigenvalue weighted by Crippen LogP contribution is -2.39.